The predicted molar refractivity (Wildman–Crippen MR) is 88.3 cm³/mol. The molecule has 1 saturated carbocycles. The van der Waals surface area contributed by atoms with Crippen molar-refractivity contribution >= 4 is 11.9 Å². The number of amides is 1. The van der Waals surface area contributed by atoms with Crippen LogP contribution in [0.25, 0.3) is 0 Å². The minimum atomic E-state index is -0.607. The van der Waals surface area contributed by atoms with Gasteiger partial charge in [-0.05, 0) is 37.0 Å². The fraction of sp³-hybridized carbons (Fsp3) is 0.667. The van der Waals surface area contributed by atoms with E-state index in [0.717, 1.165) is 31.5 Å². The number of aryl methyl sites for hydroxylation is 1. The van der Waals surface area contributed by atoms with Crippen molar-refractivity contribution in [1.29, 1.82) is 0 Å². The first-order chi connectivity index (χ1) is 11.2. The maximum absolute atomic E-state index is 12.5. The molecular weight excluding hydrogens is 306 g/mol. The van der Waals surface area contributed by atoms with E-state index in [9.17, 15) is 9.59 Å². The molecule has 1 aliphatic carbocycles. The number of esters is 1. The van der Waals surface area contributed by atoms with Gasteiger partial charge >= 0.3 is 5.97 Å². The lowest BCUT2D eigenvalue weighted by Crippen LogP contribution is -2.39. The summed E-state index contributed by atoms with van der Waals surface area (Å²) in [6, 6.07) is 0.254. The van der Waals surface area contributed by atoms with Gasteiger partial charge in [-0.15, -0.1) is 0 Å². The van der Waals surface area contributed by atoms with Crippen LogP contribution in [-0.2, 0) is 9.53 Å². The zero-order valence-corrected chi connectivity index (χ0v) is 14.8. The summed E-state index contributed by atoms with van der Waals surface area (Å²) >= 11 is 0. The highest BCUT2D eigenvalue weighted by molar-refractivity contribution is 5.89. The Morgan fingerprint density at radius 1 is 1.25 bits per heavy atom. The summed E-state index contributed by atoms with van der Waals surface area (Å²) in [5.41, 5.74) is 1.28. The third kappa shape index (κ3) is 3.42. The third-order valence-corrected chi connectivity index (χ3v) is 5.05. The lowest BCUT2D eigenvalue weighted by Gasteiger charge is -2.39. The topological polar surface area (TPSA) is 72.4 Å². The van der Waals surface area contributed by atoms with Crippen molar-refractivity contribution in [2.75, 3.05) is 13.2 Å². The largest absolute Gasteiger partial charge is 0.451 e. The Kier molecular flexibility index (Phi) is 4.10. The highest BCUT2D eigenvalue weighted by atomic mass is 16.5. The molecule has 1 aromatic heterocycles. The zero-order valence-electron chi connectivity index (χ0n) is 14.8. The van der Waals surface area contributed by atoms with Crippen molar-refractivity contribution in [3.8, 4) is 0 Å². The summed E-state index contributed by atoms with van der Waals surface area (Å²) < 4.78 is 5.14. The van der Waals surface area contributed by atoms with Gasteiger partial charge in [0.2, 0.25) is 0 Å². The number of fused-ring (bicyclic) bond motifs is 2. The van der Waals surface area contributed by atoms with Crippen molar-refractivity contribution in [3.63, 3.8) is 0 Å². The first kappa shape index (κ1) is 16.9. The normalized spacial score (nSPS) is 27.8. The fourth-order valence-electron chi connectivity index (χ4n) is 4.53. The number of likely N-dealkylation sites (tertiary alicyclic amines) is 1. The molecule has 3 rings (SSSR count). The van der Waals surface area contributed by atoms with Crippen LogP contribution in [0.4, 0.5) is 0 Å². The molecule has 1 saturated heterocycles. The molecule has 0 aromatic carbocycles. The molecule has 6 nitrogen and oxygen atoms in total. The number of aromatic nitrogens is 2. The molecule has 0 spiro atoms. The maximum atomic E-state index is 12.5. The molecule has 2 bridgehead atoms. The van der Waals surface area contributed by atoms with E-state index in [1.165, 1.54) is 12.4 Å². The molecule has 2 fully saturated rings. The first-order valence-corrected chi connectivity index (χ1v) is 8.43. The van der Waals surface area contributed by atoms with Gasteiger partial charge in [0.25, 0.3) is 5.91 Å². The molecule has 1 aliphatic heterocycles. The van der Waals surface area contributed by atoms with E-state index in [2.05, 4.69) is 30.7 Å². The smallest absolute Gasteiger partial charge is 0.359 e. The average molecular weight is 331 g/mol. The zero-order chi connectivity index (χ0) is 17.5. The number of carbonyl (C=O) groups excluding carboxylic acids is 2. The Labute approximate surface area is 142 Å². The standard InChI is InChI=1S/C18H25N3O3/c1-12-7-20-14(8-19-12)16(23)24-9-15(22)21-11-18(4)6-13(21)5-17(2,3)10-18/h7-8,13H,5-6,9-11H2,1-4H3/t13-,18-/m0/s1. The molecule has 0 radical (unpaired) electrons. The van der Waals surface area contributed by atoms with Crippen LogP contribution in [-0.4, -0.2) is 45.9 Å². The molecule has 2 atom stereocenters. The monoisotopic (exact) mass is 331 g/mol. The Balaban J connectivity index is 1.60. The molecular formula is C18H25N3O3. The number of hydrogen-bond donors (Lipinski definition) is 0. The number of carbonyl (C=O) groups is 2. The molecule has 130 valence electrons. The maximum Gasteiger partial charge on any atom is 0.359 e. The van der Waals surface area contributed by atoms with Gasteiger partial charge < -0.3 is 9.64 Å². The summed E-state index contributed by atoms with van der Waals surface area (Å²) in [5.74, 6) is -0.723. The summed E-state index contributed by atoms with van der Waals surface area (Å²) in [4.78, 5) is 34.4. The van der Waals surface area contributed by atoms with Gasteiger partial charge in [0.05, 0.1) is 11.9 Å². The Hall–Kier alpha value is -1.98. The highest BCUT2D eigenvalue weighted by Gasteiger charge is 2.50. The lowest BCUT2D eigenvalue weighted by molar-refractivity contribution is -0.135. The molecule has 0 unspecified atom stereocenters. The predicted octanol–water partition coefficient (Wildman–Crippen LogP) is 2.37. The van der Waals surface area contributed by atoms with Crippen LogP contribution < -0.4 is 0 Å². The highest BCUT2D eigenvalue weighted by Crippen LogP contribution is 2.52. The molecule has 2 aliphatic rings. The van der Waals surface area contributed by atoms with E-state index in [0.29, 0.717) is 0 Å². The van der Waals surface area contributed by atoms with Crippen molar-refractivity contribution in [3.05, 3.63) is 23.8 Å². The van der Waals surface area contributed by atoms with E-state index in [1.807, 2.05) is 4.90 Å². The van der Waals surface area contributed by atoms with Crippen molar-refractivity contribution in [2.45, 2.75) is 53.0 Å². The average Bonchev–Trinajstić information content (AvgIpc) is 2.74. The van der Waals surface area contributed by atoms with Gasteiger partial charge in [-0.1, -0.05) is 20.8 Å². The number of ether oxygens (including phenoxy) is 1. The quantitative estimate of drug-likeness (QED) is 0.795. The summed E-state index contributed by atoms with van der Waals surface area (Å²) in [6.07, 6.45) is 6.05. The second-order valence-corrected chi connectivity index (χ2v) is 8.35. The third-order valence-electron chi connectivity index (χ3n) is 5.05. The van der Waals surface area contributed by atoms with Gasteiger partial charge in [0, 0.05) is 18.8 Å². The van der Waals surface area contributed by atoms with Crippen LogP contribution >= 0.6 is 0 Å². The van der Waals surface area contributed by atoms with Gasteiger partial charge in [-0.25, -0.2) is 9.78 Å². The van der Waals surface area contributed by atoms with E-state index >= 15 is 0 Å². The van der Waals surface area contributed by atoms with Gasteiger partial charge in [-0.3, -0.25) is 9.78 Å². The van der Waals surface area contributed by atoms with E-state index in [4.69, 9.17) is 4.74 Å². The Bertz CT molecular complexity index is 656. The molecule has 0 N–H and O–H groups in total. The van der Waals surface area contributed by atoms with Gasteiger partial charge in [0.1, 0.15) is 0 Å². The molecule has 1 amide bonds. The van der Waals surface area contributed by atoms with Crippen LogP contribution in [0.1, 0.15) is 56.2 Å². The van der Waals surface area contributed by atoms with Crippen LogP contribution in [0.2, 0.25) is 0 Å². The second kappa shape index (κ2) is 5.83. The molecule has 2 heterocycles. The van der Waals surface area contributed by atoms with E-state index in [1.54, 1.807) is 6.92 Å². The van der Waals surface area contributed by atoms with E-state index < -0.39 is 5.97 Å². The minimum absolute atomic E-state index is 0.116. The van der Waals surface area contributed by atoms with Crippen LogP contribution in [0.5, 0.6) is 0 Å². The molecule has 1 aromatic rings. The van der Waals surface area contributed by atoms with Gasteiger partial charge in [-0.2, -0.15) is 0 Å². The Morgan fingerprint density at radius 3 is 2.67 bits per heavy atom. The fourth-order valence-corrected chi connectivity index (χ4v) is 4.53. The van der Waals surface area contributed by atoms with Crippen LogP contribution in [0.15, 0.2) is 12.4 Å². The SMILES string of the molecule is Cc1cnc(C(=O)OCC(=O)N2C[C@@]3(C)C[C@@H]2CC(C)(C)C3)cn1. The number of hydrogen-bond acceptors (Lipinski definition) is 5. The second-order valence-electron chi connectivity index (χ2n) is 8.35. The minimum Gasteiger partial charge on any atom is -0.451 e. The van der Waals surface area contributed by atoms with Crippen molar-refractivity contribution < 1.29 is 14.3 Å². The van der Waals surface area contributed by atoms with Crippen LogP contribution in [0, 0.1) is 17.8 Å². The van der Waals surface area contributed by atoms with Crippen molar-refractivity contribution in [2.24, 2.45) is 10.8 Å². The Morgan fingerprint density at radius 2 is 2.00 bits per heavy atom. The number of nitrogens with zero attached hydrogens (tertiary/aromatic N) is 3. The summed E-state index contributed by atoms with van der Waals surface area (Å²) in [7, 11) is 0. The van der Waals surface area contributed by atoms with Crippen LogP contribution in [0.3, 0.4) is 0 Å². The van der Waals surface area contributed by atoms with Crippen molar-refractivity contribution in [1.82, 2.24) is 14.9 Å². The first-order valence-electron chi connectivity index (χ1n) is 8.43. The molecule has 24 heavy (non-hydrogen) atoms. The molecule has 6 heteroatoms. The van der Waals surface area contributed by atoms with Gasteiger partial charge in [0.15, 0.2) is 12.3 Å². The number of rotatable bonds is 3. The summed E-state index contributed by atoms with van der Waals surface area (Å²) in [6.45, 7) is 9.09. The lowest BCUT2D eigenvalue weighted by atomic mass is 9.65. The summed E-state index contributed by atoms with van der Waals surface area (Å²) in [5, 5.41) is 0. The van der Waals surface area contributed by atoms with E-state index in [-0.39, 0.29) is 35.1 Å².